The number of hydrogen-bond donors (Lipinski definition) is 1. The Kier molecular flexibility index (Phi) is 4.76. The van der Waals surface area contributed by atoms with Gasteiger partial charge in [-0.05, 0) is 49.4 Å². The van der Waals surface area contributed by atoms with Crippen molar-refractivity contribution in [2.45, 2.75) is 6.92 Å². The van der Waals surface area contributed by atoms with Gasteiger partial charge in [0.2, 0.25) is 0 Å². The molecule has 1 amide bonds. The van der Waals surface area contributed by atoms with Crippen molar-refractivity contribution in [1.29, 1.82) is 0 Å². The van der Waals surface area contributed by atoms with E-state index in [0.29, 0.717) is 33.5 Å². The van der Waals surface area contributed by atoms with Crippen LogP contribution in [-0.4, -0.2) is 25.1 Å². The monoisotopic (exact) mass is 356 g/mol. The predicted octanol–water partition coefficient (Wildman–Crippen LogP) is 4.47. The molecule has 0 fully saturated rings. The fourth-order valence-electron chi connectivity index (χ4n) is 2.55. The van der Waals surface area contributed by atoms with Gasteiger partial charge in [0, 0.05) is 11.1 Å². The van der Waals surface area contributed by atoms with E-state index in [1.54, 1.807) is 38.3 Å². The van der Waals surface area contributed by atoms with Gasteiger partial charge in [0.05, 0.1) is 36.0 Å². The Morgan fingerprint density at radius 2 is 1.88 bits per heavy atom. The molecule has 0 radical (unpaired) electrons. The summed E-state index contributed by atoms with van der Waals surface area (Å²) in [5.41, 5.74) is 2.53. The topological polar surface area (TPSA) is 60.5 Å². The van der Waals surface area contributed by atoms with Crippen LogP contribution < -0.4 is 14.8 Å². The quantitative estimate of drug-likeness (QED) is 0.749. The highest BCUT2D eigenvalue weighted by Crippen LogP contribution is 2.28. The number of nitrogens with one attached hydrogen (secondary N) is 1. The Labute approximate surface area is 150 Å². The normalized spacial score (nSPS) is 10.6. The molecule has 1 N–H and O–H groups in total. The number of anilines is 1. The molecule has 0 aliphatic carbocycles. The Hall–Kier alpha value is -2.79. The van der Waals surface area contributed by atoms with Gasteiger partial charge in [-0.25, -0.2) is 0 Å². The highest BCUT2D eigenvalue weighted by Gasteiger charge is 2.13. The van der Waals surface area contributed by atoms with Crippen molar-refractivity contribution < 1.29 is 14.3 Å². The first-order chi connectivity index (χ1) is 12.0. The number of methoxy groups -OCH3 is 2. The van der Waals surface area contributed by atoms with E-state index in [1.165, 1.54) is 7.11 Å². The number of hydrogen-bond acceptors (Lipinski definition) is 4. The van der Waals surface area contributed by atoms with Crippen molar-refractivity contribution in [2.24, 2.45) is 0 Å². The van der Waals surface area contributed by atoms with E-state index in [2.05, 4.69) is 10.3 Å². The lowest BCUT2D eigenvalue weighted by Crippen LogP contribution is -2.14. The van der Waals surface area contributed by atoms with E-state index in [-0.39, 0.29) is 5.91 Å². The number of carbonyl (C=O) groups excluding carboxylic acids is 1. The molecule has 0 aliphatic heterocycles. The van der Waals surface area contributed by atoms with Crippen LogP contribution in [0.2, 0.25) is 5.02 Å². The van der Waals surface area contributed by atoms with Crippen molar-refractivity contribution >= 4 is 34.1 Å². The van der Waals surface area contributed by atoms with Gasteiger partial charge in [-0.3, -0.25) is 9.78 Å². The molecule has 0 spiro atoms. The van der Waals surface area contributed by atoms with Crippen LogP contribution in [0.5, 0.6) is 11.5 Å². The third kappa shape index (κ3) is 3.51. The minimum Gasteiger partial charge on any atom is -0.497 e. The largest absolute Gasteiger partial charge is 0.497 e. The molecule has 3 aromatic rings. The fraction of sp³-hybridized carbons (Fsp3) is 0.158. The van der Waals surface area contributed by atoms with Crippen molar-refractivity contribution in [3.63, 3.8) is 0 Å². The standard InChI is InChI=1S/C19H17ClN2O3/c1-11-15(9-12-8-14(24-2)5-6-17(12)21-11)19(23)22-13-4-7-18(25-3)16(20)10-13/h4-10H,1-3H3,(H,22,23). The van der Waals surface area contributed by atoms with Crippen molar-refractivity contribution in [1.82, 2.24) is 4.98 Å². The lowest BCUT2D eigenvalue weighted by atomic mass is 10.1. The van der Waals surface area contributed by atoms with Gasteiger partial charge in [-0.2, -0.15) is 0 Å². The molecule has 1 aromatic heterocycles. The summed E-state index contributed by atoms with van der Waals surface area (Å²) in [5, 5.41) is 4.10. The third-order valence-electron chi connectivity index (χ3n) is 3.87. The van der Waals surface area contributed by atoms with Crippen LogP contribution >= 0.6 is 11.6 Å². The zero-order valence-corrected chi connectivity index (χ0v) is 14.8. The van der Waals surface area contributed by atoms with Crippen LogP contribution in [0.25, 0.3) is 10.9 Å². The maximum atomic E-state index is 12.6. The first-order valence-corrected chi connectivity index (χ1v) is 8.00. The van der Waals surface area contributed by atoms with Crippen LogP contribution in [0, 0.1) is 6.92 Å². The fourth-order valence-corrected chi connectivity index (χ4v) is 2.81. The molecule has 3 rings (SSSR count). The number of aryl methyl sites for hydroxylation is 1. The Morgan fingerprint density at radius 1 is 1.08 bits per heavy atom. The molecule has 0 aliphatic rings. The lowest BCUT2D eigenvalue weighted by Gasteiger charge is -2.11. The van der Waals surface area contributed by atoms with Crippen molar-refractivity contribution in [3.8, 4) is 11.5 Å². The average Bonchev–Trinajstić information content (AvgIpc) is 2.60. The Bertz CT molecular complexity index is 957. The number of benzene rings is 2. The molecule has 0 unspecified atom stereocenters. The smallest absolute Gasteiger partial charge is 0.257 e. The maximum Gasteiger partial charge on any atom is 0.257 e. The van der Waals surface area contributed by atoms with Gasteiger partial charge in [-0.15, -0.1) is 0 Å². The summed E-state index contributed by atoms with van der Waals surface area (Å²) >= 11 is 6.10. The summed E-state index contributed by atoms with van der Waals surface area (Å²) in [6.45, 7) is 1.81. The van der Waals surface area contributed by atoms with Gasteiger partial charge < -0.3 is 14.8 Å². The van der Waals surface area contributed by atoms with Gasteiger partial charge in [0.15, 0.2) is 0 Å². The minimum absolute atomic E-state index is 0.254. The van der Waals surface area contributed by atoms with Crippen LogP contribution in [-0.2, 0) is 0 Å². The molecule has 6 heteroatoms. The predicted molar refractivity (Wildman–Crippen MR) is 99.0 cm³/mol. The minimum atomic E-state index is -0.254. The zero-order valence-electron chi connectivity index (χ0n) is 14.1. The molecular formula is C19H17ClN2O3. The molecular weight excluding hydrogens is 340 g/mol. The zero-order chi connectivity index (χ0) is 18.0. The molecule has 1 heterocycles. The highest BCUT2D eigenvalue weighted by molar-refractivity contribution is 6.32. The number of rotatable bonds is 4. The molecule has 0 atom stereocenters. The summed E-state index contributed by atoms with van der Waals surface area (Å²) in [6.07, 6.45) is 0. The first kappa shape index (κ1) is 17.0. The number of fused-ring (bicyclic) bond motifs is 1. The summed E-state index contributed by atoms with van der Waals surface area (Å²) in [6, 6.07) is 12.4. The van der Waals surface area contributed by atoms with E-state index in [9.17, 15) is 4.79 Å². The van der Waals surface area contributed by atoms with Gasteiger partial charge in [-0.1, -0.05) is 11.6 Å². The second-order valence-electron chi connectivity index (χ2n) is 5.48. The van der Waals surface area contributed by atoms with E-state index in [0.717, 1.165) is 10.9 Å². The number of nitrogens with zero attached hydrogens (tertiary/aromatic N) is 1. The molecule has 2 aromatic carbocycles. The molecule has 0 bridgehead atoms. The summed E-state index contributed by atoms with van der Waals surface area (Å²) < 4.78 is 10.3. The molecule has 25 heavy (non-hydrogen) atoms. The first-order valence-electron chi connectivity index (χ1n) is 7.62. The van der Waals surface area contributed by atoms with Gasteiger partial charge in [0.1, 0.15) is 11.5 Å². The van der Waals surface area contributed by atoms with Gasteiger partial charge in [0.25, 0.3) is 5.91 Å². The second kappa shape index (κ2) is 6.99. The highest BCUT2D eigenvalue weighted by atomic mass is 35.5. The Morgan fingerprint density at radius 3 is 2.56 bits per heavy atom. The SMILES string of the molecule is COc1ccc2nc(C)c(C(=O)Nc3ccc(OC)c(Cl)c3)cc2c1. The van der Waals surface area contributed by atoms with E-state index in [4.69, 9.17) is 21.1 Å². The van der Waals surface area contributed by atoms with E-state index < -0.39 is 0 Å². The molecule has 5 nitrogen and oxygen atoms in total. The van der Waals surface area contributed by atoms with Crippen molar-refractivity contribution in [2.75, 3.05) is 19.5 Å². The van der Waals surface area contributed by atoms with Crippen LogP contribution in [0.3, 0.4) is 0 Å². The third-order valence-corrected chi connectivity index (χ3v) is 4.16. The molecule has 0 saturated heterocycles. The number of carbonyl (C=O) groups is 1. The maximum absolute atomic E-state index is 12.6. The van der Waals surface area contributed by atoms with Gasteiger partial charge >= 0.3 is 0 Å². The van der Waals surface area contributed by atoms with E-state index >= 15 is 0 Å². The number of halogens is 1. The van der Waals surface area contributed by atoms with Crippen LogP contribution in [0.4, 0.5) is 5.69 Å². The summed E-state index contributed by atoms with van der Waals surface area (Å²) in [4.78, 5) is 17.1. The lowest BCUT2D eigenvalue weighted by molar-refractivity contribution is 0.102. The molecule has 0 saturated carbocycles. The Balaban J connectivity index is 1.93. The summed E-state index contributed by atoms with van der Waals surface area (Å²) in [5.74, 6) is 1.01. The second-order valence-corrected chi connectivity index (χ2v) is 5.89. The average molecular weight is 357 g/mol. The number of ether oxygens (including phenoxy) is 2. The number of pyridine rings is 1. The van der Waals surface area contributed by atoms with E-state index in [1.807, 2.05) is 18.2 Å². The number of amides is 1. The van der Waals surface area contributed by atoms with Crippen LogP contribution in [0.15, 0.2) is 42.5 Å². The summed E-state index contributed by atoms with van der Waals surface area (Å²) in [7, 11) is 3.14. The van der Waals surface area contributed by atoms with Crippen LogP contribution in [0.1, 0.15) is 16.1 Å². The number of aromatic nitrogens is 1. The van der Waals surface area contributed by atoms with Crippen molar-refractivity contribution in [3.05, 3.63) is 58.7 Å². The molecule has 128 valence electrons.